The highest BCUT2D eigenvalue weighted by atomic mass is 14.9. The van der Waals surface area contributed by atoms with E-state index in [0.29, 0.717) is 0 Å². The second-order valence-electron chi connectivity index (χ2n) is 6.15. The first-order valence-corrected chi connectivity index (χ1v) is 8.22. The molecule has 0 fully saturated rings. The lowest BCUT2D eigenvalue weighted by atomic mass is 10.0. The number of benzene rings is 3. The van der Waals surface area contributed by atoms with Crippen LogP contribution in [0.4, 0.5) is 0 Å². The monoisotopic (exact) mass is 300 g/mol. The summed E-state index contributed by atoms with van der Waals surface area (Å²) in [6.07, 6.45) is 3.17. The Hall–Kier alpha value is -2.61. The highest BCUT2D eigenvalue weighted by molar-refractivity contribution is 5.85. The number of rotatable bonds is 4. The normalized spacial score (nSPS) is 11.3. The largest absolute Gasteiger partial charge is 0.342 e. The van der Waals surface area contributed by atoms with Crippen LogP contribution in [0.3, 0.4) is 0 Å². The summed E-state index contributed by atoms with van der Waals surface area (Å²) in [4.78, 5) is 8.20. The standard InChI is InChI=1S/C21H20N2/c1-15-7-4-13-19-21(15)23-20(22-19)14-6-11-17-10-5-9-16-8-2-3-12-18(16)17/h2-5,7-10,12-13H,6,11,14H2,1H3,(H,22,23). The summed E-state index contributed by atoms with van der Waals surface area (Å²) < 4.78 is 0. The first-order chi connectivity index (χ1) is 11.3. The maximum Gasteiger partial charge on any atom is 0.107 e. The molecule has 0 unspecified atom stereocenters. The Labute approximate surface area is 136 Å². The van der Waals surface area contributed by atoms with Gasteiger partial charge in [0.05, 0.1) is 11.0 Å². The molecule has 3 aromatic carbocycles. The lowest BCUT2D eigenvalue weighted by molar-refractivity contribution is 0.789. The van der Waals surface area contributed by atoms with Crippen molar-refractivity contribution in [3.8, 4) is 0 Å². The Morgan fingerprint density at radius 1 is 0.870 bits per heavy atom. The first-order valence-electron chi connectivity index (χ1n) is 8.22. The smallest absolute Gasteiger partial charge is 0.107 e. The zero-order chi connectivity index (χ0) is 15.6. The van der Waals surface area contributed by atoms with Gasteiger partial charge in [-0.2, -0.15) is 0 Å². The number of aromatic nitrogens is 2. The van der Waals surface area contributed by atoms with Crippen LogP contribution in [-0.4, -0.2) is 9.97 Å². The Kier molecular flexibility index (Phi) is 3.58. The van der Waals surface area contributed by atoms with Crippen LogP contribution in [0.15, 0.2) is 60.7 Å². The highest BCUT2D eigenvalue weighted by Gasteiger charge is 2.05. The molecule has 1 heterocycles. The molecule has 1 aromatic heterocycles. The van der Waals surface area contributed by atoms with Crippen LogP contribution in [-0.2, 0) is 12.8 Å². The van der Waals surface area contributed by atoms with Crippen molar-refractivity contribution in [2.24, 2.45) is 0 Å². The van der Waals surface area contributed by atoms with Crippen LogP contribution in [0.25, 0.3) is 21.8 Å². The van der Waals surface area contributed by atoms with Gasteiger partial charge in [-0.3, -0.25) is 0 Å². The third-order valence-corrected chi connectivity index (χ3v) is 4.50. The summed E-state index contributed by atoms with van der Waals surface area (Å²) in [6.45, 7) is 2.11. The van der Waals surface area contributed by atoms with Crippen molar-refractivity contribution < 1.29 is 0 Å². The van der Waals surface area contributed by atoms with Gasteiger partial charge in [0.1, 0.15) is 5.82 Å². The average molecular weight is 300 g/mol. The van der Waals surface area contributed by atoms with Crippen LogP contribution in [0, 0.1) is 6.92 Å². The predicted molar refractivity (Wildman–Crippen MR) is 96.8 cm³/mol. The summed E-state index contributed by atoms with van der Waals surface area (Å²) in [7, 11) is 0. The van der Waals surface area contributed by atoms with Gasteiger partial charge >= 0.3 is 0 Å². The molecule has 23 heavy (non-hydrogen) atoms. The summed E-state index contributed by atoms with van der Waals surface area (Å²) in [5, 5.41) is 2.69. The van der Waals surface area contributed by atoms with Gasteiger partial charge in [-0.1, -0.05) is 54.6 Å². The summed E-state index contributed by atoms with van der Waals surface area (Å²) >= 11 is 0. The number of hydrogen-bond donors (Lipinski definition) is 1. The van der Waals surface area contributed by atoms with E-state index in [1.807, 2.05) is 0 Å². The number of aryl methyl sites for hydroxylation is 3. The molecule has 4 rings (SSSR count). The number of nitrogens with one attached hydrogen (secondary N) is 1. The minimum Gasteiger partial charge on any atom is -0.342 e. The number of H-pyrrole nitrogens is 1. The summed E-state index contributed by atoms with van der Waals surface area (Å²) in [5.41, 5.74) is 4.91. The van der Waals surface area contributed by atoms with Crippen molar-refractivity contribution in [2.75, 3.05) is 0 Å². The molecule has 0 radical (unpaired) electrons. The molecular formula is C21H20N2. The highest BCUT2D eigenvalue weighted by Crippen LogP contribution is 2.21. The van der Waals surface area contributed by atoms with Crippen LogP contribution in [0.1, 0.15) is 23.4 Å². The fourth-order valence-corrected chi connectivity index (χ4v) is 3.30. The second-order valence-corrected chi connectivity index (χ2v) is 6.15. The molecule has 0 spiro atoms. The van der Waals surface area contributed by atoms with Crippen molar-refractivity contribution >= 4 is 21.8 Å². The van der Waals surface area contributed by atoms with Crippen molar-refractivity contribution in [1.29, 1.82) is 0 Å². The molecule has 0 aliphatic rings. The van der Waals surface area contributed by atoms with Gasteiger partial charge in [-0.15, -0.1) is 0 Å². The Morgan fingerprint density at radius 3 is 2.61 bits per heavy atom. The maximum atomic E-state index is 4.75. The van der Waals surface area contributed by atoms with Crippen molar-refractivity contribution in [1.82, 2.24) is 9.97 Å². The maximum absolute atomic E-state index is 4.75. The zero-order valence-electron chi connectivity index (χ0n) is 13.3. The van der Waals surface area contributed by atoms with E-state index in [2.05, 4.69) is 72.6 Å². The molecule has 0 saturated carbocycles. The predicted octanol–water partition coefficient (Wildman–Crippen LogP) is 5.20. The quantitative estimate of drug-likeness (QED) is 0.551. The van der Waals surface area contributed by atoms with Gasteiger partial charge < -0.3 is 4.98 Å². The minimum atomic E-state index is 0.983. The second kappa shape index (κ2) is 5.88. The van der Waals surface area contributed by atoms with Crippen LogP contribution >= 0.6 is 0 Å². The molecule has 0 saturated heterocycles. The number of nitrogens with zero attached hydrogens (tertiary/aromatic N) is 1. The van der Waals surface area contributed by atoms with E-state index in [1.165, 1.54) is 21.9 Å². The minimum absolute atomic E-state index is 0.983. The van der Waals surface area contributed by atoms with Gasteiger partial charge in [0.2, 0.25) is 0 Å². The molecule has 0 bridgehead atoms. The molecule has 0 aliphatic carbocycles. The number of aromatic amines is 1. The van der Waals surface area contributed by atoms with E-state index >= 15 is 0 Å². The number of imidazole rings is 1. The van der Waals surface area contributed by atoms with Crippen molar-refractivity contribution in [2.45, 2.75) is 26.2 Å². The molecular weight excluding hydrogens is 280 g/mol. The fourth-order valence-electron chi connectivity index (χ4n) is 3.30. The molecule has 2 heteroatoms. The number of hydrogen-bond acceptors (Lipinski definition) is 1. The molecule has 1 N–H and O–H groups in total. The van der Waals surface area contributed by atoms with Crippen molar-refractivity contribution in [3.63, 3.8) is 0 Å². The van der Waals surface area contributed by atoms with Crippen molar-refractivity contribution in [3.05, 3.63) is 77.6 Å². The van der Waals surface area contributed by atoms with E-state index in [4.69, 9.17) is 4.98 Å². The van der Waals surface area contributed by atoms with E-state index in [-0.39, 0.29) is 0 Å². The van der Waals surface area contributed by atoms with E-state index in [1.54, 1.807) is 0 Å². The van der Waals surface area contributed by atoms with Crippen LogP contribution < -0.4 is 0 Å². The molecule has 2 nitrogen and oxygen atoms in total. The molecule has 114 valence electrons. The lowest BCUT2D eigenvalue weighted by Gasteiger charge is -2.05. The van der Waals surface area contributed by atoms with Gasteiger partial charge in [0.15, 0.2) is 0 Å². The van der Waals surface area contributed by atoms with E-state index in [9.17, 15) is 0 Å². The summed E-state index contributed by atoms with van der Waals surface area (Å²) in [5.74, 6) is 1.09. The SMILES string of the molecule is Cc1cccc2[nH]c(CCCc3cccc4ccccc34)nc12. The third-order valence-electron chi connectivity index (χ3n) is 4.50. The first kappa shape index (κ1) is 14.0. The molecule has 0 amide bonds. The lowest BCUT2D eigenvalue weighted by Crippen LogP contribution is -1.93. The van der Waals surface area contributed by atoms with Crippen LogP contribution in [0.2, 0.25) is 0 Å². The summed E-state index contributed by atoms with van der Waals surface area (Å²) in [6, 6.07) is 21.5. The Balaban J connectivity index is 1.51. The Bertz CT molecular complexity index is 961. The number of para-hydroxylation sites is 1. The van der Waals surface area contributed by atoms with E-state index in [0.717, 1.165) is 36.1 Å². The third kappa shape index (κ3) is 2.72. The number of fused-ring (bicyclic) bond motifs is 2. The van der Waals surface area contributed by atoms with Gasteiger partial charge in [0, 0.05) is 6.42 Å². The van der Waals surface area contributed by atoms with Gasteiger partial charge in [-0.05, 0) is 47.7 Å². The topological polar surface area (TPSA) is 28.7 Å². The molecule has 0 aliphatic heterocycles. The van der Waals surface area contributed by atoms with Gasteiger partial charge in [-0.25, -0.2) is 4.98 Å². The van der Waals surface area contributed by atoms with Gasteiger partial charge in [0.25, 0.3) is 0 Å². The van der Waals surface area contributed by atoms with E-state index < -0.39 is 0 Å². The molecule has 4 aromatic rings. The Morgan fingerprint density at radius 2 is 1.70 bits per heavy atom. The molecule has 0 atom stereocenters. The van der Waals surface area contributed by atoms with Crippen LogP contribution in [0.5, 0.6) is 0 Å². The fraction of sp³-hybridized carbons (Fsp3) is 0.190. The average Bonchev–Trinajstić information content (AvgIpc) is 3.00. The zero-order valence-corrected chi connectivity index (χ0v) is 13.3.